The Labute approximate surface area is 69.6 Å². The summed E-state index contributed by atoms with van der Waals surface area (Å²) in [6, 6.07) is 0.897. The molecule has 1 saturated heterocycles. The molecule has 1 saturated carbocycles. The molecule has 0 aromatic carbocycles. The third-order valence-electron chi connectivity index (χ3n) is 3.59. The molecule has 2 fully saturated rings. The van der Waals surface area contributed by atoms with Crippen LogP contribution in [0.5, 0.6) is 0 Å². The van der Waals surface area contributed by atoms with Gasteiger partial charge in [-0.05, 0) is 37.6 Å². The van der Waals surface area contributed by atoms with Crippen LogP contribution in [0.25, 0.3) is 0 Å². The summed E-state index contributed by atoms with van der Waals surface area (Å²) in [5, 5.41) is 3.66. The molecule has 1 aliphatic heterocycles. The lowest BCUT2D eigenvalue weighted by molar-refractivity contribution is 0.205. The van der Waals surface area contributed by atoms with Crippen molar-refractivity contribution in [3.63, 3.8) is 0 Å². The summed E-state index contributed by atoms with van der Waals surface area (Å²) >= 11 is 0. The molecule has 1 heteroatoms. The minimum atomic E-state index is 0.897. The molecule has 0 radical (unpaired) electrons. The van der Waals surface area contributed by atoms with E-state index in [0.29, 0.717) is 0 Å². The fourth-order valence-electron chi connectivity index (χ4n) is 2.59. The van der Waals surface area contributed by atoms with E-state index < -0.39 is 0 Å². The van der Waals surface area contributed by atoms with Gasteiger partial charge >= 0.3 is 0 Å². The highest BCUT2D eigenvalue weighted by Crippen LogP contribution is 2.36. The highest BCUT2D eigenvalue weighted by Gasteiger charge is 2.34. The van der Waals surface area contributed by atoms with E-state index in [4.69, 9.17) is 0 Å². The lowest BCUT2D eigenvalue weighted by atomic mass is 9.75. The molecule has 11 heavy (non-hydrogen) atoms. The first kappa shape index (κ1) is 7.60. The Bertz CT molecular complexity index is 129. The molecule has 2 rings (SSSR count). The lowest BCUT2D eigenvalue weighted by Crippen LogP contribution is -2.38. The Morgan fingerprint density at radius 1 is 1.27 bits per heavy atom. The standard InChI is InChI=1S/C10H19N/c1-2-8-6-7-11-10(8)9-4-3-5-9/h8-11H,2-7H2,1H3. The maximum absolute atomic E-state index is 3.66. The SMILES string of the molecule is CCC1CCNC1C1CCC1. The van der Waals surface area contributed by atoms with Crippen LogP contribution in [0.3, 0.4) is 0 Å². The van der Waals surface area contributed by atoms with E-state index in [0.717, 1.165) is 17.9 Å². The first-order chi connectivity index (χ1) is 5.42. The molecule has 2 atom stereocenters. The van der Waals surface area contributed by atoms with Crippen molar-refractivity contribution >= 4 is 0 Å². The summed E-state index contributed by atoms with van der Waals surface area (Å²) < 4.78 is 0. The molecule has 1 aliphatic carbocycles. The van der Waals surface area contributed by atoms with Crippen LogP contribution in [0, 0.1) is 11.8 Å². The first-order valence-electron chi connectivity index (χ1n) is 5.15. The van der Waals surface area contributed by atoms with Crippen molar-refractivity contribution in [1.82, 2.24) is 5.32 Å². The van der Waals surface area contributed by atoms with Crippen molar-refractivity contribution in [2.45, 2.75) is 45.1 Å². The van der Waals surface area contributed by atoms with E-state index in [-0.39, 0.29) is 0 Å². The average molecular weight is 153 g/mol. The molecule has 0 aromatic heterocycles. The Morgan fingerprint density at radius 2 is 2.09 bits per heavy atom. The van der Waals surface area contributed by atoms with E-state index in [2.05, 4.69) is 12.2 Å². The van der Waals surface area contributed by atoms with Crippen molar-refractivity contribution in [2.24, 2.45) is 11.8 Å². The smallest absolute Gasteiger partial charge is 0.0124 e. The zero-order valence-corrected chi connectivity index (χ0v) is 7.47. The van der Waals surface area contributed by atoms with Gasteiger partial charge in [0, 0.05) is 6.04 Å². The van der Waals surface area contributed by atoms with Gasteiger partial charge in [0.15, 0.2) is 0 Å². The van der Waals surface area contributed by atoms with Gasteiger partial charge in [-0.15, -0.1) is 0 Å². The van der Waals surface area contributed by atoms with Crippen molar-refractivity contribution < 1.29 is 0 Å². The molecule has 2 unspecified atom stereocenters. The van der Waals surface area contributed by atoms with Crippen LogP contribution < -0.4 is 5.32 Å². The number of rotatable bonds is 2. The lowest BCUT2D eigenvalue weighted by Gasteiger charge is -2.34. The first-order valence-corrected chi connectivity index (χ1v) is 5.15. The zero-order chi connectivity index (χ0) is 7.68. The van der Waals surface area contributed by atoms with E-state index >= 15 is 0 Å². The normalized spacial score (nSPS) is 39.0. The molecular weight excluding hydrogens is 134 g/mol. The van der Waals surface area contributed by atoms with Gasteiger partial charge in [0.05, 0.1) is 0 Å². The van der Waals surface area contributed by atoms with Gasteiger partial charge in [-0.25, -0.2) is 0 Å². The molecule has 0 amide bonds. The van der Waals surface area contributed by atoms with E-state index in [1.54, 1.807) is 0 Å². The van der Waals surface area contributed by atoms with Crippen LogP contribution in [-0.4, -0.2) is 12.6 Å². The largest absolute Gasteiger partial charge is 0.313 e. The highest BCUT2D eigenvalue weighted by molar-refractivity contribution is 4.91. The Kier molecular flexibility index (Phi) is 2.17. The minimum absolute atomic E-state index is 0.897. The summed E-state index contributed by atoms with van der Waals surface area (Å²) in [6.07, 6.45) is 7.29. The van der Waals surface area contributed by atoms with Crippen molar-refractivity contribution in [3.8, 4) is 0 Å². The maximum Gasteiger partial charge on any atom is 0.0124 e. The molecule has 64 valence electrons. The van der Waals surface area contributed by atoms with Crippen LogP contribution in [0.2, 0.25) is 0 Å². The van der Waals surface area contributed by atoms with E-state index in [1.165, 1.54) is 38.6 Å². The van der Waals surface area contributed by atoms with Crippen molar-refractivity contribution in [3.05, 3.63) is 0 Å². The molecule has 0 bridgehead atoms. The number of hydrogen-bond donors (Lipinski definition) is 1. The Morgan fingerprint density at radius 3 is 2.64 bits per heavy atom. The fraction of sp³-hybridized carbons (Fsp3) is 1.00. The second-order valence-electron chi connectivity index (χ2n) is 4.13. The van der Waals surface area contributed by atoms with Crippen molar-refractivity contribution in [1.29, 1.82) is 0 Å². The van der Waals surface area contributed by atoms with Crippen molar-refractivity contribution in [2.75, 3.05) is 6.54 Å². The predicted octanol–water partition coefficient (Wildman–Crippen LogP) is 2.17. The third kappa shape index (κ3) is 1.31. The monoisotopic (exact) mass is 153 g/mol. The molecule has 0 aromatic rings. The van der Waals surface area contributed by atoms with Crippen LogP contribution in [-0.2, 0) is 0 Å². The van der Waals surface area contributed by atoms with Gasteiger partial charge in [0.1, 0.15) is 0 Å². The molecule has 2 aliphatic rings. The average Bonchev–Trinajstić information content (AvgIpc) is 2.32. The van der Waals surface area contributed by atoms with Crippen LogP contribution in [0.15, 0.2) is 0 Å². The number of nitrogens with one attached hydrogen (secondary N) is 1. The molecule has 0 spiro atoms. The van der Waals surface area contributed by atoms with Gasteiger partial charge in [-0.1, -0.05) is 19.8 Å². The number of hydrogen-bond acceptors (Lipinski definition) is 1. The van der Waals surface area contributed by atoms with Gasteiger partial charge in [0.25, 0.3) is 0 Å². The summed E-state index contributed by atoms with van der Waals surface area (Å²) in [5.74, 6) is 2.04. The predicted molar refractivity (Wildman–Crippen MR) is 47.5 cm³/mol. The summed E-state index contributed by atoms with van der Waals surface area (Å²) in [4.78, 5) is 0. The summed E-state index contributed by atoms with van der Waals surface area (Å²) in [7, 11) is 0. The zero-order valence-electron chi connectivity index (χ0n) is 7.47. The van der Waals surface area contributed by atoms with Gasteiger partial charge in [-0.3, -0.25) is 0 Å². The maximum atomic E-state index is 3.66. The second kappa shape index (κ2) is 3.14. The quantitative estimate of drug-likeness (QED) is 0.641. The summed E-state index contributed by atoms with van der Waals surface area (Å²) in [5.41, 5.74) is 0. The topological polar surface area (TPSA) is 12.0 Å². The van der Waals surface area contributed by atoms with Crippen LogP contribution in [0.4, 0.5) is 0 Å². The molecule has 1 N–H and O–H groups in total. The second-order valence-corrected chi connectivity index (χ2v) is 4.13. The highest BCUT2D eigenvalue weighted by atomic mass is 15.0. The summed E-state index contributed by atoms with van der Waals surface area (Å²) in [6.45, 7) is 3.61. The fourth-order valence-corrected chi connectivity index (χ4v) is 2.59. The van der Waals surface area contributed by atoms with Crippen LogP contribution in [0.1, 0.15) is 39.0 Å². The molecule has 1 nitrogen and oxygen atoms in total. The van der Waals surface area contributed by atoms with Gasteiger partial charge in [-0.2, -0.15) is 0 Å². The Hall–Kier alpha value is -0.0400. The molecule has 1 heterocycles. The Balaban J connectivity index is 1.89. The minimum Gasteiger partial charge on any atom is -0.313 e. The van der Waals surface area contributed by atoms with Gasteiger partial charge < -0.3 is 5.32 Å². The van der Waals surface area contributed by atoms with Crippen LogP contribution >= 0.6 is 0 Å². The third-order valence-corrected chi connectivity index (χ3v) is 3.59. The molecular formula is C10H19N. The van der Waals surface area contributed by atoms with E-state index in [9.17, 15) is 0 Å². The van der Waals surface area contributed by atoms with E-state index in [1.807, 2.05) is 0 Å². The van der Waals surface area contributed by atoms with Gasteiger partial charge in [0.2, 0.25) is 0 Å².